The van der Waals surface area contributed by atoms with Gasteiger partial charge in [0.1, 0.15) is 5.75 Å². The second kappa shape index (κ2) is 5.67. The molecule has 0 bridgehead atoms. The Morgan fingerprint density at radius 2 is 2.12 bits per heavy atom. The van der Waals surface area contributed by atoms with Crippen molar-refractivity contribution in [2.45, 2.75) is 6.04 Å². The number of hydrogen-bond donors (Lipinski definition) is 2. The first-order chi connectivity index (χ1) is 8.22. The monoisotopic (exact) mass is 296 g/mol. The van der Waals surface area contributed by atoms with Crippen molar-refractivity contribution in [3.63, 3.8) is 0 Å². The van der Waals surface area contributed by atoms with Gasteiger partial charge in [0.2, 0.25) is 0 Å². The molecule has 0 spiro atoms. The molecule has 2 N–H and O–H groups in total. The number of benzene rings is 1. The third kappa shape index (κ3) is 2.89. The first-order valence-corrected chi connectivity index (χ1v) is 6.57. The van der Waals surface area contributed by atoms with Crippen molar-refractivity contribution >= 4 is 15.9 Å². The van der Waals surface area contributed by atoms with E-state index in [0.717, 1.165) is 36.2 Å². The highest BCUT2D eigenvalue weighted by Gasteiger charge is 2.21. The molecule has 1 aromatic rings. The Morgan fingerprint density at radius 3 is 2.76 bits per heavy atom. The van der Waals surface area contributed by atoms with Gasteiger partial charge in [-0.05, 0) is 18.2 Å². The average molecular weight is 297 g/mol. The van der Waals surface area contributed by atoms with Gasteiger partial charge in [-0.15, -0.1) is 6.58 Å². The first-order valence-electron chi connectivity index (χ1n) is 5.78. The van der Waals surface area contributed by atoms with E-state index in [2.05, 4.69) is 32.7 Å². The maximum absolute atomic E-state index is 9.96. The van der Waals surface area contributed by atoms with Crippen molar-refractivity contribution in [2.24, 2.45) is 0 Å². The summed E-state index contributed by atoms with van der Waals surface area (Å²) in [5, 5.41) is 13.3. The van der Waals surface area contributed by atoms with Gasteiger partial charge in [-0.25, -0.2) is 0 Å². The normalized spacial score (nSPS) is 18.9. The highest BCUT2D eigenvalue weighted by atomic mass is 79.9. The smallest absolute Gasteiger partial charge is 0.120 e. The van der Waals surface area contributed by atoms with Crippen LogP contribution in [0.5, 0.6) is 5.75 Å². The summed E-state index contributed by atoms with van der Waals surface area (Å²) in [5.41, 5.74) is 0.913. The predicted octanol–water partition coefficient (Wildman–Crippen LogP) is 2.29. The number of piperazine rings is 1. The van der Waals surface area contributed by atoms with E-state index in [0.29, 0.717) is 5.75 Å². The van der Waals surface area contributed by atoms with Crippen LogP contribution in [-0.4, -0.2) is 36.2 Å². The maximum atomic E-state index is 9.96. The third-order valence-electron chi connectivity index (χ3n) is 3.08. The molecule has 3 nitrogen and oxygen atoms in total. The van der Waals surface area contributed by atoms with Crippen LogP contribution in [0.15, 0.2) is 35.3 Å². The number of hydrogen-bond acceptors (Lipinski definition) is 3. The van der Waals surface area contributed by atoms with Crippen molar-refractivity contribution in [2.75, 3.05) is 26.2 Å². The van der Waals surface area contributed by atoms with E-state index in [1.165, 1.54) is 0 Å². The summed E-state index contributed by atoms with van der Waals surface area (Å²) in [6, 6.07) is 5.60. The molecule has 0 aliphatic carbocycles. The van der Waals surface area contributed by atoms with E-state index in [1.54, 1.807) is 6.07 Å². The molecular weight excluding hydrogens is 280 g/mol. The highest BCUT2D eigenvalue weighted by molar-refractivity contribution is 9.10. The van der Waals surface area contributed by atoms with Gasteiger partial charge in [0.25, 0.3) is 0 Å². The van der Waals surface area contributed by atoms with Gasteiger partial charge in [0, 0.05) is 36.2 Å². The van der Waals surface area contributed by atoms with E-state index in [-0.39, 0.29) is 6.04 Å². The van der Waals surface area contributed by atoms with Crippen LogP contribution in [0.3, 0.4) is 0 Å². The van der Waals surface area contributed by atoms with Crippen LogP contribution in [0.1, 0.15) is 11.6 Å². The number of nitrogens with zero attached hydrogens (tertiary/aromatic N) is 1. The van der Waals surface area contributed by atoms with Crippen molar-refractivity contribution < 1.29 is 5.11 Å². The summed E-state index contributed by atoms with van der Waals surface area (Å²) >= 11 is 3.44. The second-order valence-electron chi connectivity index (χ2n) is 4.17. The summed E-state index contributed by atoms with van der Waals surface area (Å²) < 4.78 is 0.979. The molecule has 1 heterocycles. The van der Waals surface area contributed by atoms with Crippen LogP contribution in [0.2, 0.25) is 0 Å². The molecule has 1 aromatic carbocycles. The quantitative estimate of drug-likeness (QED) is 0.840. The minimum Gasteiger partial charge on any atom is -0.508 e. The average Bonchev–Trinajstić information content (AvgIpc) is 2.36. The minimum atomic E-state index is 0.0783. The van der Waals surface area contributed by atoms with Crippen molar-refractivity contribution in [1.82, 2.24) is 10.2 Å². The molecule has 2 rings (SSSR count). The lowest BCUT2D eigenvalue weighted by Crippen LogP contribution is -2.44. The molecule has 0 radical (unpaired) electrons. The van der Waals surface area contributed by atoms with Crippen LogP contribution in [0.4, 0.5) is 0 Å². The zero-order valence-corrected chi connectivity index (χ0v) is 11.3. The van der Waals surface area contributed by atoms with E-state index < -0.39 is 0 Å². The number of halogens is 1. The van der Waals surface area contributed by atoms with Crippen LogP contribution < -0.4 is 5.32 Å². The Kier molecular flexibility index (Phi) is 4.20. The molecule has 1 fully saturated rings. The molecule has 1 saturated heterocycles. The van der Waals surface area contributed by atoms with Crippen LogP contribution in [0.25, 0.3) is 0 Å². The summed E-state index contributed by atoms with van der Waals surface area (Å²) in [5.74, 6) is 0.330. The molecular formula is C13H17BrN2O. The third-order valence-corrected chi connectivity index (χ3v) is 3.57. The van der Waals surface area contributed by atoms with Gasteiger partial charge < -0.3 is 10.4 Å². The lowest BCUT2D eigenvalue weighted by molar-refractivity contribution is 0.201. The lowest BCUT2D eigenvalue weighted by atomic mass is 10.0. The SMILES string of the molecule is C=C[C@H](c1cc(Br)ccc1O)N1CCNCC1. The van der Waals surface area contributed by atoms with Gasteiger partial charge in [-0.2, -0.15) is 0 Å². The van der Waals surface area contributed by atoms with Gasteiger partial charge in [0.15, 0.2) is 0 Å². The largest absolute Gasteiger partial charge is 0.508 e. The number of phenolic OH excluding ortho intramolecular Hbond substituents is 1. The van der Waals surface area contributed by atoms with Gasteiger partial charge in [0.05, 0.1) is 6.04 Å². The highest BCUT2D eigenvalue weighted by Crippen LogP contribution is 2.32. The van der Waals surface area contributed by atoms with Crippen LogP contribution in [-0.2, 0) is 0 Å². The van der Waals surface area contributed by atoms with Crippen molar-refractivity contribution in [1.29, 1.82) is 0 Å². The number of nitrogens with one attached hydrogen (secondary N) is 1. The fourth-order valence-corrected chi connectivity index (χ4v) is 2.57. The number of rotatable bonds is 3. The molecule has 1 aliphatic heterocycles. The summed E-state index contributed by atoms with van der Waals surface area (Å²) in [6.45, 7) is 7.82. The Labute approximate surface area is 110 Å². The van der Waals surface area contributed by atoms with Crippen molar-refractivity contribution in [3.05, 3.63) is 40.9 Å². The van der Waals surface area contributed by atoms with Crippen LogP contribution >= 0.6 is 15.9 Å². The summed E-state index contributed by atoms with van der Waals surface area (Å²) in [7, 11) is 0. The maximum Gasteiger partial charge on any atom is 0.120 e. The zero-order valence-electron chi connectivity index (χ0n) is 9.69. The van der Waals surface area contributed by atoms with Gasteiger partial charge >= 0.3 is 0 Å². The molecule has 1 aliphatic rings. The molecule has 0 unspecified atom stereocenters. The predicted molar refractivity (Wildman–Crippen MR) is 73.2 cm³/mol. The fourth-order valence-electron chi connectivity index (χ4n) is 2.20. The van der Waals surface area contributed by atoms with E-state index in [4.69, 9.17) is 0 Å². The van der Waals surface area contributed by atoms with Gasteiger partial charge in [-0.1, -0.05) is 22.0 Å². The second-order valence-corrected chi connectivity index (χ2v) is 5.09. The summed E-state index contributed by atoms with van der Waals surface area (Å²) in [4.78, 5) is 2.32. The molecule has 1 atom stereocenters. The standard InChI is InChI=1S/C13H17BrN2O/c1-2-12(16-7-5-15-6-8-16)11-9-10(14)3-4-13(11)17/h2-4,9,12,15,17H,1,5-8H2/t12-/m1/s1. The minimum absolute atomic E-state index is 0.0783. The number of phenols is 1. The lowest BCUT2D eigenvalue weighted by Gasteiger charge is -2.33. The molecule has 4 heteroatoms. The van der Waals surface area contributed by atoms with Gasteiger partial charge in [-0.3, -0.25) is 4.90 Å². The Balaban J connectivity index is 2.27. The fraction of sp³-hybridized carbons (Fsp3) is 0.385. The first kappa shape index (κ1) is 12.6. The number of aromatic hydroxyl groups is 1. The van der Waals surface area contributed by atoms with E-state index in [9.17, 15) is 5.11 Å². The zero-order chi connectivity index (χ0) is 12.3. The molecule has 17 heavy (non-hydrogen) atoms. The summed E-state index contributed by atoms with van der Waals surface area (Å²) in [6.07, 6.45) is 1.90. The Bertz CT molecular complexity index is 402. The van der Waals surface area contributed by atoms with E-state index >= 15 is 0 Å². The topological polar surface area (TPSA) is 35.5 Å². The van der Waals surface area contributed by atoms with Crippen molar-refractivity contribution in [3.8, 4) is 5.75 Å². The Hall–Kier alpha value is -0.840. The molecule has 0 aromatic heterocycles. The molecule has 0 saturated carbocycles. The van der Waals surface area contributed by atoms with E-state index in [1.807, 2.05) is 18.2 Å². The Morgan fingerprint density at radius 1 is 1.41 bits per heavy atom. The van der Waals surface area contributed by atoms with Crippen LogP contribution in [0, 0.1) is 0 Å². The molecule has 92 valence electrons. The molecule has 0 amide bonds.